The number of aromatic nitrogens is 1. The van der Waals surface area contributed by atoms with E-state index in [-0.39, 0.29) is 50.5 Å². The molecule has 20 heteroatoms. The van der Waals surface area contributed by atoms with Gasteiger partial charge in [0.05, 0.1) is 31.5 Å². The van der Waals surface area contributed by atoms with Crippen LogP contribution in [0.4, 0.5) is 0 Å². The first-order chi connectivity index (χ1) is 24.6. The molecule has 0 aliphatic carbocycles. The Kier molecular flexibility index (Phi) is 12.1. The van der Waals surface area contributed by atoms with Gasteiger partial charge in [0.25, 0.3) is 11.8 Å². The number of carboxylic acids is 2. The molecule has 18 nitrogen and oxygen atoms in total. The number of carbonyl (C=O) groups excluding carboxylic acids is 2. The number of ether oxygens (including phenoxy) is 1. The van der Waals surface area contributed by atoms with Gasteiger partial charge in [0.1, 0.15) is 17.1 Å². The third-order valence-corrected chi connectivity index (χ3v) is 8.62. The lowest BCUT2D eigenvalue weighted by molar-refractivity contribution is 0.0686. The fraction of sp³-hybridized carbons (Fsp3) is 0.212. The molecule has 0 aliphatic heterocycles. The summed E-state index contributed by atoms with van der Waals surface area (Å²) in [4.78, 5) is 94.3. The molecule has 0 saturated carbocycles. The topological polar surface area (TPSA) is 263 Å². The predicted octanol–water partition coefficient (Wildman–Crippen LogP) is 3.84. The van der Waals surface area contributed by atoms with E-state index in [0.717, 1.165) is 21.9 Å². The molecule has 0 saturated heterocycles. The normalized spacial score (nSPS) is 11.6. The maximum absolute atomic E-state index is 14.4. The van der Waals surface area contributed by atoms with E-state index in [0.29, 0.717) is 5.75 Å². The van der Waals surface area contributed by atoms with E-state index in [1.807, 2.05) is 0 Å². The molecule has 4 rings (SSSR count). The molecule has 4 aromatic rings. The minimum atomic E-state index is -5.04. The Bertz CT molecular complexity index is 2060. The Morgan fingerprint density at radius 3 is 1.32 bits per heavy atom. The number of hydrogen-bond acceptors (Lipinski definition) is 9. The van der Waals surface area contributed by atoms with Crippen LogP contribution in [0.3, 0.4) is 0 Å². The molecule has 282 valence electrons. The SMILES string of the molecule is COc1ccc(-n2c(C(=O)N(C)C)c(-c3cc(COP(=O)(O)O)ccc3C(=O)O)c(-c3cc(COP(=O)(O)O)ccc3C(=O)O)c2C(=O)N(C)C)cc1. The van der Waals surface area contributed by atoms with Crippen LogP contribution in [-0.2, 0) is 31.4 Å². The Balaban J connectivity index is 2.37. The van der Waals surface area contributed by atoms with Crippen LogP contribution in [0.2, 0.25) is 0 Å². The van der Waals surface area contributed by atoms with Gasteiger partial charge in [0, 0.05) is 45.0 Å². The smallest absolute Gasteiger partial charge is 0.469 e. The first kappa shape index (κ1) is 40.6. The number of aromatic carboxylic acids is 2. The number of rotatable bonds is 14. The van der Waals surface area contributed by atoms with Gasteiger partial charge >= 0.3 is 27.6 Å². The molecule has 3 aromatic carbocycles. The van der Waals surface area contributed by atoms with E-state index in [4.69, 9.17) is 4.74 Å². The maximum atomic E-state index is 14.4. The van der Waals surface area contributed by atoms with Crippen LogP contribution < -0.4 is 4.74 Å². The number of benzene rings is 3. The lowest BCUT2D eigenvalue weighted by Gasteiger charge is -2.19. The largest absolute Gasteiger partial charge is 0.497 e. The number of hydrogen-bond donors (Lipinski definition) is 6. The van der Waals surface area contributed by atoms with Gasteiger partial charge in [-0.25, -0.2) is 18.7 Å². The minimum Gasteiger partial charge on any atom is -0.497 e. The van der Waals surface area contributed by atoms with Crippen molar-refractivity contribution in [3.05, 3.63) is 94.3 Å². The first-order valence-corrected chi connectivity index (χ1v) is 18.2. The first-order valence-electron chi connectivity index (χ1n) is 15.1. The molecule has 0 unspecified atom stereocenters. The van der Waals surface area contributed by atoms with Crippen molar-refractivity contribution in [2.45, 2.75) is 13.2 Å². The summed E-state index contributed by atoms with van der Waals surface area (Å²) in [6, 6.07) is 13.0. The zero-order valence-corrected chi connectivity index (χ0v) is 30.6. The maximum Gasteiger partial charge on any atom is 0.469 e. The average Bonchev–Trinajstić information content (AvgIpc) is 3.43. The second kappa shape index (κ2) is 15.8. The molecule has 0 fully saturated rings. The second-order valence-corrected chi connectivity index (χ2v) is 14.3. The van der Waals surface area contributed by atoms with Crippen LogP contribution >= 0.6 is 15.6 Å². The summed E-state index contributed by atoms with van der Waals surface area (Å²) in [5.41, 5.74) is -2.51. The molecule has 2 amide bonds. The third-order valence-electron chi connectivity index (χ3n) is 7.69. The highest BCUT2D eigenvalue weighted by atomic mass is 31.2. The van der Waals surface area contributed by atoms with Crippen LogP contribution in [0.15, 0.2) is 60.7 Å². The highest BCUT2D eigenvalue weighted by Crippen LogP contribution is 2.46. The van der Waals surface area contributed by atoms with Crippen molar-refractivity contribution in [2.75, 3.05) is 35.3 Å². The van der Waals surface area contributed by atoms with E-state index in [2.05, 4.69) is 9.05 Å². The Hall–Kier alpha value is -5.16. The van der Waals surface area contributed by atoms with Gasteiger partial charge in [-0.1, -0.05) is 12.1 Å². The lowest BCUT2D eigenvalue weighted by atomic mass is 9.87. The van der Waals surface area contributed by atoms with Gasteiger partial charge in [0.15, 0.2) is 0 Å². The highest BCUT2D eigenvalue weighted by molar-refractivity contribution is 7.46. The van der Waals surface area contributed by atoms with E-state index in [1.165, 1.54) is 88.4 Å². The van der Waals surface area contributed by atoms with Crippen LogP contribution in [0.5, 0.6) is 5.75 Å². The number of carboxylic acid groups (broad SMARTS) is 2. The van der Waals surface area contributed by atoms with Crippen molar-refractivity contribution in [1.29, 1.82) is 0 Å². The predicted molar refractivity (Wildman–Crippen MR) is 187 cm³/mol. The molecule has 1 aromatic heterocycles. The summed E-state index contributed by atoms with van der Waals surface area (Å²) in [6.45, 7) is -1.47. The summed E-state index contributed by atoms with van der Waals surface area (Å²) in [5, 5.41) is 20.9. The molecule has 0 bridgehead atoms. The monoisotopic (exact) mass is 775 g/mol. The summed E-state index contributed by atoms with van der Waals surface area (Å²) >= 11 is 0. The summed E-state index contributed by atoms with van der Waals surface area (Å²) in [6.07, 6.45) is 0. The molecule has 1 heterocycles. The van der Waals surface area contributed by atoms with Crippen LogP contribution in [0.1, 0.15) is 52.8 Å². The van der Waals surface area contributed by atoms with E-state index in [1.54, 1.807) is 0 Å². The van der Waals surface area contributed by atoms with Crippen LogP contribution in [0, 0.1) is 0 Å². The van der Waals surface area contributed by atoms with Gasteiger partial charge in [-0.05, 0) is 70.8 Å². The highest BCUT2D eigenvalue weighted by Gasteiger charge is 2.37. The summed E-state index contributed by atoms with van der Waals surface area (Å²) in [5.74, 6) is -4.26. The van der Waals surface area contributed by atoms with E-state index < -0.39 is 63.7 Å². The number of phosphoric acid groups is 2. The lowest BCUT2D eigenvalue weighted by Crippen LogP contribution is -2.28. The fourth-order valence-corrected chi connectivity index (χ4v) is 6.02. The Labute approximate surface area is 301 Å². The van der Waals surface area contributed by atoms with Crippen LogP contribution in [-0.4, -0.2) is 103 Å². The Morgan fingerprint density at radius 1 is 0.642 bits per heavy atom. The van der Waals surface area contributed by atoms with Crippen molar-refractivity contribution >= 4 is 39.4 Å². The molecule has 0 radical (unpaired) electrons. The molecule has 6 N–H and O–H groups in total. The van der Waals surface area contributed by atoms with Crippen molar-refractivity contribution in [2.24, 2.45) is 0 Å². The van der Waals surface area contributed by atoms with Gasteiger partial charge < -0.3 is 44.3 Å². The molecule has 0 atom stereocenters. The summed E-state index contributed by atoms with van der Waals surface area (Å²) < 4.78 is 39.0. The van der Waals surface area contributed by atoms with Gasteiger partial charge in [-0.2, -0.15) is 0 Å². The van der Waals surface area contributed by atoms with Crippen molar-refractivity contribution in [3.8, 4) is 33.7 Å². The zero-order valence-electron chi connectivity index (χ0n) is 28.8. The summed E-state index contributed by atoms with van der Waals surface area (Å²) in [7, 11) is -3.12. The molecule has 0 spiro atoms. The standard InChI is InChI=1S/C33H35N3O15P2/c1-34(2)30(37)28-26(24-14-18(16-50-52(43,44)45)6-12-22(24)32(39)40)27(25-15-19(17-51-53(46,47)48)7-13-23(25)33(41)42)29(31(38)35(3)4)36(28)20-8-10-21(49-5)11-9-20/h6-15H,16-17H2,1-5H3,(H,39,40)(H,41,42)(H2,43,44,45)(H2,46,47,48). The average molecular weight is 776 g/mol. The van der Waals surface area contributed by atoms with Crippen molar-refractivity contribution < 1.29 is 71.9 Å². The molecular formula is C33H35N3O15P2. The third kappa shape index (κ3) is 9.26. The zero-order chi connectivity index (χ0) is 39.6. The van der Waals surface area contributed by atoms with E-state index >= 15 is 0 Å². The van der Waals surface area contributed by atoms with Gasteiger partial charge in [0.2, 0.25) is 0 Å². The van der Waals surface area contributed by atoms with Crippen molar-refractivity contribution in [1.82, 2.24) is 14.4 Å². The van der Waals surface area contributed by atoms with Gasteiger partial charge in [-0.3, -0.25) is 23.2 Å². The number of phosphoric ester groups is 2. The minimum absolute atomic E-state index is 0.0162. The number of methoxy groups -OCH3 is 1. The quantitative estimate of drug-likeness (QED) is 0.0994. The molecular weight excluding hydrogens is 740 g/mol. The molecule has 0 aliphatic rings. The van der Waals surface area contributed by atoms with Gasteiger partial charge in [-0.15, -0.1) is 0 Å². The molecule has 53 heavy (non-hydrogen) atoms. The van der Waals surface area contributed by atoms with Crippen LogP contribution in [0.25, 0.3) is 27.9 Å². The second-order valence-electron chi connectivity index (χ2n) is 11.8. The fourth-order valence-electron chi connectivity index (χ4n) is 5.38. The Morgan fingerprint density at radius 2 is 1.02 bits per heavy atom. The number of carbonyl (C=O) groups is 4. The van der Waals surface area contributed by atoms with E-state index in [9.17, 15) is 58.1 Å². The number of amides is 2. The number of nitrogens with zero attached hydrogens (tertiary/aromatic N) is 3. The van der Waals surface area contributed by atoms with Crippen molar-refractivity contribution in [3.63, 3.8) is 0 Å².